The highest BCUT2D eigenvalue weighted by atomic mass is 79.9. The molecule has 5 nitrogen and oxygen atoms in total. The molecule has 0 saturated heterocycles. The van der Waals surface area contributed by atoms with E-state index in [2.05, 4.69) is 25.7 Å². The van der Waals surface area contributed by atoms with E-state index < -0.39 is 5.97 Å². The third kappa shape index (κ3) is 3.02. The van der Waals surface area contributed by atoms with Gasteiger partial charge in [-0.05, 0) is 24.3 Å². The normalized spacial score (nSPS) is 10.2. The lowest BCUT2D eigenvalue weighted by atomic mass is 10.2. The second-order valence-electron chi connectivity index (χ2n) is 3.75. The molecule has 2 N–H and O–H groups in total. The first-order chi connectivity index (χ1) is 9.52. The van der Waals surface area contributed by atoms with Crippen molar-refractivity contribution in [3.63, 3.8) is 0 Å². The number of nitrogen functional groups attached to an aromatic ring is 1. The second-order valence-corrected chi connectivity index (χ2v) is 5.07. The molecule has 1 aromatic heterocycles. The fourth-order valence-electron chi connectivity index (χ4n) is 1.48. The van der Waals surface area contributed by atoms with Crippen LogP contribution >= 0.6 is 27.5 Å². The zero-order chi connectivity index (χ0) is 14.7. The summed E-state index contributed by atoms with van der Waals surface area (Å²) in [5.74, 6) is -0.0924. The minimum Gasteiger partial charge on any atom is -0.465 e. The molecule has 2 aromatic rings. The SMILES string of the molecule is COC(=O)c1ccnc(Oc2cc(Br)ccc2Cl)c1N. The lowest BCUT2D eigenvalue weighted by molar-refractivity contribution is 0.0601. The minimum absolute atomic E-state index is 0.0906. The average Bonchev–Trinajstić information content (AvgIpc) is 2.44. The number of hydrogen-bond acceptors (Lipinski definition) is 5. The molecule has 0 bridgehead atoms. The highest BCUT2D eigenvalue weighted by molar-refractivity contribution is 9.10. The van der Waals surface area contributed by atoms with Crippen molar-refractivity contribution in [2.45, 2.75) is 0 Å². The maximum Gasteiger partial charge on any atom is 0.340 e. The van der Waals surface area contributed by atoms with Gasteiger partial charge in [0.05, 0.1) is 17.7 Å². The fraction of sp³-hybridized carbons (Fsp3) is 0.0769. The minimum atomic E-state index is -0.560. The summed E-state index contributed by atoms with van der Waals surface area (Å²) in [6.45, 7) is 0. The summed E-state index contributed by atoms with van der Waals surface area (Å²) in [7, 11) is 1.27. The molecule has 0 amide bonds. The number of anilines is 1. The summed E-state index contributed by atoms with van der Waals surface area (Å²) in [5.41, 5.74) is 6.13. The summed E-state index contributed by atoms with van der Waals surface area (Å²) < 4.78 is 11.0. The first kappa shape index (κ1) is 14.6. The fourth-order valence-corrected chi connectivity index (χ4v) is 1.98. The molecule has 0 radical (unpaired) electrons. The Kier molecular flexibility index (Phi) is 4.46. The molecule has 7 heteroatoms. The van der Waals surface area contributed by atoms with Crippen LogP contribution in [0.5, 0.6) is 11.6 Å². The topological polar surface area (TPSA) is 74.4 Å². The van der Waals surface area contributed by atoms with Crippen molar-refractivity contribution >= 4 is 39.2 Å². The van der Waals surface area contributed by atoms with Crippen LogP contribution in [0.1, 0.15) is 10.4 Å². The van der Waals surface area contributed by atoms with Gasteiger partial charge in [0, 0.05) is 10.7 Å². The number of carbonyl (C=O) groups is 1. The number of pyridine rings is 1. The predicted octanol–water partition coefficient (Wildman–Crippen LogP) is 3.66. The van der Waals surface area contributed by atoms with Gasteiger partial charge in [0.2, 0.25) is 5.88 Å². The quantitative estimate of drug-likeness (QED) is 0.849. The third-order valence-corrected chi connectivity index (χ3v) is 3.26. The molecule has 0 aliphatic carbocycles. The van der Waals surface area contributed by atoms with Gasteiger partial charge in [-0.1, -0.05) is 27.5 Å². The predicted molar refractivity (Wildman–Crippen MR) is 79.2 cm³/mol. The van der Waals surface area contributed by atoms with Crippen LogP contribution in [0.4, 0.5) is 5.69 Å². The molecule has 0 unspecified atom stereocenters. The Hall–Kier alpha value is -1.79. The maximum atomic E-state index is 11.5. The van der Waals surface area contributed by atoms with Crippen LogP contribution in [0.2, 0.25) is 5.02 Å². The highest BCUT2D eigenvalue weighted by Crippen LogP contribution is 2.34. The van der Waals surface area contributed by atoms with Crippen molar-refractivity contribution in [3.05, 3.63) is 45.5 Å². The molecular weight excluding hydrogens is 348 g/mol. The molecule has 0 atom stereocenters. The number of ether oxygens (including phenoxy) is 2. The number of halogens is 2. The van der Waals surface area contributed by atoms with E-state index in [0.29, 0.717) is 10.8 Å². The Labute approximate surface area is 128 Å². The van der Waals surface area contributed by atoms with Gasteiger partial charge in [0.1, 0.15) is 11.4 Å². The molecule has 0 saturated carbocycles. The monoisotopic (exact) mass is 356 g/mol. The Morgan fingerprint density at radius 1 is 1.40 bits per heavy atom. The molecule has 2 rings (SSSR count). The summed E-state index contributed by atoms with van der Waals surface area (Å²) >= 11 is 9.33. The van der Waals surface area contributed by atoms with E-state index in [-0.39, 0.29) is 17.1 Å². The molecule has 1 heterocycles. The van der Waals surface area contributed by atoms with E-state index in [1.165, 1.54) is 19.4 Å². The lowest BCUT2D eigenvalue weighted by Gasteiger charge is -2.11. The molecule has 20 heavy (non-hydrogen) atoms. The van der Waals surface area contributed by atoms with E-state index in [1.54, 1.807) is 18.2 Å². The van der Waals surface area contributed by atoms with E-state index in [1.807, 2.05) is 0 Å². The molecular formula is C13H10BrClN2O3. The van der Waals surface area contributed by atoms with Crippen molar-refractivity contribution in [2.75, 3.05) is 12.8 Å². The Morgan fingerprint density at radius 3 is 2.85 bits per heavy atom. The van der Waals surface area contributed by atoms with Gasteiger partial charge in [0.25, 0.3) is 0 Å². The lowest BCUT2D eigenvalue weighted by Crippen LogP contribution is -2.07. The van der Waals surface area contributed by atoms with Crippen LogP contribution in [0.25, 0.3) is 0 Å². The Morgan fingerprint density at radius 2 is 2.15 bits per heavy atom. The van der Waals surface area contributed by atoms with Gasteiger partial charge in [-0.2, -0.15) is 0 Å². The van der Waals surface area contributed by atoms with Crippen LogP contribution < -0.4 is 10.5 Å². The largest absolute Gasteiger partial charge is 0.465 e. The number of carbonyl (C=O) groups excluding carboxylic acids is 1. The number of nitrogens with two attached hydrogens (primary N) is 1. The first-order valence-electron chi connectivity index (χ1n) is 5.48. The standard InChI is InChI=1S/C13H10BrClN2O3/c1-19-13(18)8-4-5-17-12(11(8)16)20-10-6-7(14)2-3-9(10)15/h2-6H,16H2,1H3. The molecule has 0 aliphatic rings. The smallest absolute Gasteiger partial charge is 0.340 e. The summed E-state index contributed by atoms with van der Waals surface area (Å²) in [6, 6.07) is 6.57. The van der Waals surface area contributed by atoms with E-state index in [0.717, 1.165) is 4.47 Å². The summed E-state index contributed by atoms with van der Waals surface area (Å²) in [6.07, 6.45) is 1.41. The molecule has 104 valence electrons. The van der Waals surface area contributed by atoms with Crippen LogP contribution in [-0.4, -0.2) is 18.1 Å². The van der Waals surface area contributed by atoms with Crippen LogP contribution in [-0.2, 0) is 4.74 Å². The highest BCUT2D eigenvalue weighted by Gasteiger charge is 2.16. The number of rotatable bonds is 3. The maximum absolute atomic E-state index is 11.5. The van der Waals surface area contributed by atoms with E-state index >= 15 is 0 Å². The second kappa shape index (κ2) is 6.11. The summed E-state index contributed by atoms with van der Waals surface area (Å²) in [5, 5.41) is 0.401. The van der Waals surface area contributed by atoms with Gasteiger partial charge in [-0.15, -0.1) is 0 Å². The zero-order valence-corrected chi connectivity index (χ0v) is 12.7. The van der Waals surface area contributed by atoms with Crippen molar-refractivity contribution in [3.8, 4) is 11.6 Å². The Bertz CT molecular complexity index is 664. The van der Waals surface area contributed by atoms with Crippen LogP contribution in [0, 0.1) is 0 Å². The number of esters is 1. The van der Waals surface area contributed by atoms with Gasteiger partial charge < -0.3 is 15.2 Å². The van der Waals surface area contributed by atoms with Crippen molar-refractivity contribution in [1.82, 2.24) is 4.98 Å². The van der Waals surface area contributed by atoms with E-state index in [4.69, 9.17) is 22.1 Å². The van der Waals surface area contributed by atoms with Crippen LogP contribution in [0.15, 0.2) is 34.9 Å². The Balaban J connectivity index is 2.39. The van der Waals surface area contributed by atoms with Gasteiger partial charge >= 0.3 is 5.97 Å². The molecule has 0 spiro atoms. The van der Waals surface area contributed by atoms with Gasteiger partial charge in [-0.3, -0.25) is 0 Å². The number of aromatic nitrogens is 1. The van der Waals surface area contributed by atoms with Crippen molar-refractivity contribution < 1.29 is 14.3 Å². The number of nitrogens with zero attached hydrogens (tertiary/aromatic N) is 1. The number of benzene rings is 1. The number of methoxy groups -OCH3 is 1. The average molecular weight is 358 g/mol. The number of hydrogen-bond donors (Lipinski definition) is 1. The van der Waals surface area contributed by atoms with Gasteiger partial charge in [-0.25, -0.2) is 9.78 Å². The molecule has 0 aliphatic heterocycles. The molecule has 1 aromatic carbocycles. The zero-order valence-electron chi connectivity index (χ0n) is 10.4. The first-order valence-corrected chi connectivity index (χ1v) is 6.65. The summed E-state index contributed by atoms with van der Waals surface area (Å²) in [4.78, 5) is 15.5. The van der Waals surface area contributed by atoms with Crippen LogP contribution in [0.3, 0.4) is 0 Å². The van der Waals surface area contributed by atoms with Crippen molar-refractivity contribution in [1.29, 1.82) is 0 Å². The molecule has 0 fully saturated rings. The third-order valence-electron chi connectivity index (χ3n) is 2.46. The van der Waals surface area contributed by atoms with Crippen molar-refractivity contribution in [2.24, 2.45) is 0 Å². The van der Waals surface area contributed by atoms with Gasteiger partial charge in [0.15, 0.2) is 0 Å². The van der Waals surface area contributed by atoms with E-state index in [9.17, 15) is 4.79 Å².